The van der Waals surface area contributed by atoms with Crippen LogP contribution in [0.1, 0.15) is 41.5 Å². The maximum Gasteiger partial charge on any atom is 0.254 e. The smallest absolute Gasteiger partial charge is 0.254 e. The van der Waals surface area contributed by atoms with E-state index in [0.29, 0.717) is 19.0 Å². The number of benzene rings is 1. The first-order chi connectivity index (χ1) is 15.9. The van der Waals surface area contributed by atoms with E-state index in [1.54, 1.807) is 6.08 Å². The Morgan fingerprint density at radius 3 is 2.85 bits per heavy atom. The average Bonchev–Trinajstić information content (AvgIpc) is 3.46. The molecule has 0 saturated heterocycles. The Labute approximate surface area is 193 Å². The van der Waals surface area contributed by atoms with Crippen LogP contribution in [-0.4, -0.2) is 63.0 Å². The molecular formula is C25H30N6O2. The average molecular weight is 447 g/mol. The van der Waals surface area contributed by atoms with Gasteiger partial charge in [-0.25, -0.2) is 4.98 Å². The van der Waals surface area contributed by atoms with E-state index in [9.17, 15) is 9.59 Å². The monoisotopic (exact) mass is 446 g/mol. The van der Waals surface area contributed by atoms with Gasteiger partial charge >= 0.3 is 0 Å². The SMILES string of the molecule is C[C@@H](N)CN1CCc2cc3c(cc2C1=O)nc(C1=CC2C=CC(=O)NC2N1CC1CC1)n3C. The van der Waals surface area contributed by atoms with Gasteiger partial charge in [-0.15, -0.1) is 0 Å². The van der Waals surface area contributed by atoms with Crippen molar-refractivity contribution in [3.05, 3.63) is 47.3 Å². The zero-order valence-corrected chi connectivity index (χ0v) is 19.1. The summed E-state index contributed by atoms with van der Waals surface area (Å²) in [6.07, 6.45) is 9.07. The van der Waals surface area contributed by atoms with Crippen molar-refractivity contribution < 1.29 is 9.59 Å². The molecule has 0 radical (unpaired) electrons. The van der Waals surface area contributed by atoms with Gasteiger partial charge in [0.1, 0.15) is 6.17 Å². The van der Waals surface area contributed by atoms with Crippen LogP contribution in [0.3, 0.4) is 0 Å². The molecule has 3 N–H and O–H groups in total. The van der Waals surface area contributed by atoms with Gasteiger partial charge in [-0.2, -0.15) is 0 Å². The highest BCUT2D eigenvalue weighted by Gasteiger charge is 2.40. The minimum Gasteiger partial charge on any atom is -0.347 e. The number of rotatable bonds is 5. The van der Waals surface area contributed by atoms with Crippen LogP contribution in [0.5, 0.6) is 0 Å². The zero-order chi connectivity index (χ0) is 22.9. The molecule has 172 valence electrons. The molecule has 33 heavy (non-hydrogen) atoms. The third-order valence-electron chi connectivity index (χ3n) is 7.28. The van der Waals surface area contributed by atoms with Gasteiger partial charge in [0.05, 0.1) is 16.7 Å². The summed E-state index contributed by atoms with van der Waals surface area (Å²) in [6, 6.07) is 4.02. The zero-order valence-electron chi connectivity index (χ0n) is 19.1. The topological polar surface area (TPSA) is 96.5 Å². The number of hydrogen-bond acceptors (Lipinski definition) is 5. The lowest BCUT2D eigenvalue weighted by Gasteiger charge is -2.33. The fraction of sp³-hybridized carbons (Fsp3) is 0.480. The summed E-state index contributed by atoms with van der Waals surface area (Å²) in [5.41, 5.74) is 10.7. The van der Waals surface area contributed by atoms with Gasteiger partial charge in [0, 0.05) is 44.2 Å². The van der Waals surface area contributed by atoms with Crippen LogP contribution >= 0.6 is 0 Å². The third-order valence-corrected chi connectivity index (χ3v) is 7.28. The number of nitrogens with two attached hydrogens (primary N) is 1. The minimum absolute atomic E-state index is 0.0389. The number of amides is 2. The molecule has 4 aliphatic rings. The summed E-state index contributed by atoms with van der Waals surface area (Å²) in [4.78, 5) is 34.3. The number of aromatic nitrogens is 2. The van der Waals surface area contributed by atoms with E-state index >= 15 is 0 Å². The lowest BCUT2D eigenvalue weighted by Crippen LogP contribution is -2.49. The Kier molecular flexibility index (Phi) is 4.62. The molecule has 1 aromatic heterocycles. The molecule has 6 rings (SSSR count). The van der Waals surface area contributed by atoms with Crippen molar-refractivity contribution in [3.63, 3.8) is 0 Å². The lowest BCUT2D eigenvalue weighted by molar-refractivity contribution is -0.118. The number of nitrogens with zero attached hydrogens (tertiary/aromatic N) is 4. The van der Waals surface area contributed by atoms with Gasteiger partial charge in [0.15, 0.2) is 5.82 Å². The molecule has 3 aliphatic heterocycles. The van der Waals surface area contributed by atoms with Crippen molar-refractivity contribution in [1.29, 1.82) is 0 Å². The van der Waals surface area contributed by atoms with Crippen LogP contribution in [0.2, 0.25) is 0 Å². The maximum absolute atomic E-state index is 13.1. The van der Waals surface area contributed by atoms with E-state index in [-0.39, 0.29) is 29.9 Å². The second-order valence-electron chi connectivity index (χ2n) is 10.0. The third kappa shape index (κ3) is 3.44. The lowest BCUT2D eigenvalue weighted by atomic mass is 9.97. The van der Waals surface area contributed by atoms with E-state index in [1.165, 1.54) is 12.8 Å². The molecule has 2 unspecified atom stereocenters. The molecule has 1 saturated carbocycles. The molecule has 2 aromatic rings. The Hall–Kier alpha value is -3.13. The van der Waals surface area contributed by atoms with E-state index in [2.05, 4.69) is 26.9 Å². The Morgan fingerprint density at radius 2 is 2.09 bits per heavy atom. The van der Waals surface area contributed by atoms with Crippen molar-refractivity contribution in [3.8, 4) is 0 Å². The Morgan fingerprint density at radius 1 is 1.27 bits per heavy atom. The van der Waals surface area contributed by atoms with E-state index in [1.807, 2.05) is 31.0 Å². The number of carbonyl (C=O) groups excluding carboxylic acids is 2. The second-order valence-corrected chi connectivity index (χ2v) is 10.0. The number of carbonyl (C=O) groups is 2. The molecule has 8 nitrogen and oxygen atoms in total. The van der Waals surface area contributed by atoms with Crippen LogP contribution < -0.4 is 11.1 Å². The molecular weight excluding hydrogens is 416 g/mol. The van der Waals surface area contributed by atoms with Crippen LogP contribution in [0.15, 0.2) is 30.4 Å². The molecule has 8 heteroatoms. The number of nitrogens with one attached hydrogen (secondary N) is 1. The minimum atomic E-state index is -0.0560. The first kappa shape index (κ1) is 20.5. The van der Waals surface area contributed by atoms with Crippen molar-refractivity contribution in [2.24, 2.45) is 24.6 Å². The van der Waals surface area contributed by atoms with E-state index in [0.717, 1.165) is 46.6 Å². The van der Waals surface area contributed by atoms with Gasteiger partial charge in [0.25, 0.3) is 5.91 Å². The number of imidazole rings is 1. The number of aryl methyl sites for hydroxylation is 1. The quantitative estimate of drug-likeness (QED) is 0.728. The summed E-state index contributed by atoms with van der Waals surface area (Å²) < 4.78 is 2.13. The van der Waals surface area contributed by atoms with Gasteiger partial charge in [0.2, 0.25) is 5.91 Å². The van der Waals surface area contributed by atoms with E-state index < -0.39 is 0 Å². The highest BCUT2D eigenvalue weighted by Crippen LogP contribution is 2.40. The van der Waals surface area contributed by atoms with Gasteiger partial charge < -0.3 is 25.4 Å². The fourth-order valence-corrected chi connectivity index (χ4v) is 5.41. The molecule has 2 amide bonds. The molecule has 1 aromatic carbocycles. The van der Waals surface area contributed by atoms with Crippen LogP contribution in [0, 0.1) is 11.8 Å². The number of hydrogen-bond donors (Lipinski definition) is 2. The molecule has 0 bridgehead atoms. The molecule has 0 spiro atoms. The van der Waals surface area contributed by atoms with Crippen molar-refractivity contribution in [2.75, 3.05) is 19.6 Å². The normalized spacial score (nSPS) is 25.2. The molecule has 4 heterocycles. The van der Waals surface area contributed by atoms with Gasteiger partial charge in [-0.3, -0.25) is 9.59 Å². The molecule has 1 aliphatic carbocycles. The van der Waals surface area contributed by atoms with Crippen molar-refractivity contribution in [2.45, 2.75) is 38.4 Å². The Balaban J connectivity index is 1.39. The summed E-state index contributed by atoms with van der Waals surface area (Å²) in [5.74, 6) is 1.68. The van der Waals surface area contributed by atoms with E-state index in [4.69, 9.17) is 10.7 Å². The van der Waals surface area contributed by atoms with Crippen LogP contribution in [0.25, 0.3) is 16.7 Å². The van der Waals surface area contributed by atoms with Gasteiger partial charge in [-0.1, -0.05) is 6.08 Å². The molecule has 3 atom stereocenters. The largest absolute Gasteiger partial charge is 0.347 e. The first-order valence-corrected chi connectivity index (χ1v) is 11.9. The summed E-state index contributed by atoms with van der Waals surface area (Å²) in [5, 5.41) is 3.14. The number of fused-ring (bicyclic) bond motifs is 3. The fourth-order valence-electron chi connectivity index (χ4n) is 5.41. The first-order valence-electron chi connectivity index (χ1n) is 11.9. The Bertz CT molecular complexity index is 1220. The van der Waals surface area contributed by atoms with Gasteiger partial charge in [-0.05, 0) is 62.0 Å². The second kappa shape index (κ2) is 7.45. The highest BCUT2D eigenvalue weighted by atomic mass is 16.2. The van der Waals surface area contributed by atoms with Crippen LogP contribution in [-0.2, 0) is 18.3 Å². The summed E-state index contributed by atoms with van der Waals surface area (Å²) in [7, 11) is 2.04. The highest BCUT2D eigenvalue weighted by molar-refractivity contribution is 6.00. The summed E-state index contributed by atoms with van der Waals surface area (Å²) in [6.45, 7) is 4.11. The standard InChI is InChI=1S/C25H30N6O2/c1-14(26)12-30-8-7-16-9-20-19(11-18(16)25(30)33)27-24(29(20)2)21-10-17-5-6-22(32)28-23(17)31(21)13-15-3-4-15/h5-6,9-11,14-15,17,23H,3-4,7-8,12-13,26H2,1-2H3,(H,28,32)/t14-,17?,23?/m1/s1. The summed E-state index contributed by atoms with van der Waals surface area (Å²) >= 11 is 0. The van der Waals surface area contributed by atoms with Crippen molar-refractivity contribution in [1.82, 2.24) is 24.7 Å². The van der Waals surface area contributed by atoms with Crippen LogP contribution in [0.4, 0.5) is 0 Å². The predicted octanol–water partition coefficient (Wildman–Crippen LogP) is 1.61. The maximum atomic E-state index is 13.1. The van der Waals surface area contributed by atoms with Crippen molar-refractivity contribution >= 4 is 28.5 Å². The molecule has 1 fully saturated rings. The predicted molar refractivity (Wildman–Crippen MR) is 126 cm³/mol.